The lowest BCUT2D eigenvalue weighted by molar-refractivity contribution is -0.134. The standard InChI is InChI=1S/C17H20N4O3/c1-12-4-3-7-18-16(12)19-8-9-20-17(24)13-5-2-6-14(10-13)21-11-15(22)23/h2-7,10,21H,8-9,11H2,1H3,(H,18,19)(H,20,24)(H,22,23). The number of pyridine rings is 1. The minimum atomic E-state index is -0.958. The summed E-state index contributed by atoms with van der Waals surface area (Å²) in [5, 5.41) is 17.4. The zero-order chi connectivity index (χ0) is 17.4. The Kier molecular flexibility index (Phi) is 6.13. The summed E-state index contributed by atoms with van der Waals surface area (Å²) in [4.78, 5) is 26.9. The Balaban J connectivity index is 1.81. The highest BCUT2D eigenvalue weighted by Gasteiger charge is 2.06. The van der Waals surface area contributed by atoms with Crippen molar-refractivity contribution in [1.29, 1.82) is 0 Å². The van der Waals surface area contributed by atoms with E-state index in [4.69, 9.17) is 5.11 Å². The van der Waals surface area contributed by atoms with Crippen molar-refractivity contribution in [1.82, 2.24) is 10.3 Å². The third-order valence-electron chi connectivity index (χ3n) is 3.28. The largest absolute Gasteiger partial charge is 0.480 e. The van der Waals surface area contributed by atoms with Crippen LogP contribution in [0.5, 0.6) is 0 Å². The maximum Gasteiger partial charge on any atom is 0.322 e. The first-order valence-electron chi connectivity index (χ1n) is 7.55. The predicted octanol–water partition coefficient (Wildman–Crippen LogP) is 1.73. The van der Waals surface area contributed by atoms with Crippen molar-refractivity contribution in [3.05, 3.63) is 53.7 Å². The molecular weight excluding hydrogens is 308 g/mol. The first-order valence-corrected chi connectivity index (χ1v) is 7.55. The molecule has 1 amide bonds. The second-order valence-corrected chi connectivity index (χ2v) is 5.18. The van der Waals surface area contributed by atoms with E-state index in [0.29, 0.717) is 24.3 Å². The van der Waals surface area contributed by atoms with Gasteiger partial charge in [-0.2, -0.15) is 0 Å². The number of aliphatic carboxylic acids is 1. The molecule has 0 aliphatic rings. The van der Waals surface area contributed by atoms with E-state index in [0.717, 1.165) is 11.4 Å². The molecule has 0 bridgehead atoms. The predicted molar refractivity (Wildman–Crippen MR) is 92.4 cm³/mol. The molecule has 7 heteroatoms. The van der Waals surface area contributed by atoms with Gasteiger partial charge in [0.25, 0.3) is 5.91 Å². The van der Waals surface area contributed by atoms with Crippen molar-refractivity contribution in [3.8, 4) is 0 Å². The Morgan fingerprint density at radius 1 is 1.12 bits per heavy atom. The molecule has 0 fully saturated rings. The minimum absolute atomic E-state index is 0.196. The molecule has 0 spiro atoms. The van der Waals surface area contributed by atoms with Gasteiger partial charge in [0, 0.05) is 30.5 Å². The number of nitrogens with one attached hydrogen (secondary N) is 3. The van der Waals surface area contributed by atoms with Gasteiger partial charge in [-0.3, -0.25) is 9.59 Å². The van der Waals surface area contributed by atoms with E-state index in [1.54, 1.807) is 30.5 Å². The molecular formula is C17H20N4O3. The molecule has 0 aliphatic carbocycles. The van der Waals surface area contributed by atoms with Crippen molar-refractivity contribution in [2.75, 3.05) is 30.3 Å². The van der Waals surface area contributed by atoms with Gasteiger partial charge in [0.1, 0.15) is 12.4 Å². The third-order valence-corrected chi connectivity index (χ3v) is 3.28. The van der Waals surface area contributed by atoms with Crippen LogP contribution >= 0.6 is 0 Å². The van der Waals surface area contributed by atoms with Gasteiger partial charge in [-0.1, -0.05) is 12.1 Å². The quantitative estimate of drug-likeness (QED) is 0.550. The molecule has 0 radical (unpaired) electrons. The van der Waals surface area contributed by atoms with Gasteiger partial charge in [-0.15, -0.1) is 0 Å². The molecule has 0 saturated heterocycles. The molecule has 24 heavy (non-hydrogen) atoms. The fourth-order valence-corrected chi connectivity index (χ4v) is 2.08. The van der Waals surface area contributed by atoms with E-state index >= 15 is 0 Å². The molecule has 2 aromatic rings. The monoisotopic (exact) mass is 328 g/mol. The number of amides is 1. The number of carboxylic acids is 1. The minimum Gasteiger partial charge on any atom is -0.480 e. The molecule has 2 rings (SSSR count). The molecule has 0 saturated carbocycles. The van der Waals surface area contributed by atoms with Crippen LogP contribution in [-0.4, -0.2) is 41.6 Å². The Bertz CT molecular complexity index is 718. The van der Waals surface area contributed by atoms with Gasteiger partial charge in [0.15, 0.2) is 0 Å². The van der Waals surface area contributed by atoms with Crippen molar-refractivity contribution in [3.63, 3.8) is 0 Å². The summed E-state index contributed by atoms with van der Waals surface area (Å²) >= 11 is 0. The zero-order valence-corrected chi connectivity index (χ0v) is 13.4. The maximum absolute atomic E-state index is 12.1. The van der Waals surface area contributed by atoms with Gasteiger partial charge < -0.3 is 21.1 Å². The third kappa shape index (κ3) is 5.28. The number of rotatable bonds is 8. The Morgan fingerprint density at radius 2 is 1.96 bits per heavy atom. The molecule has 0 unspecified atom stereocenters. The van der Waals surface area contributed by atoms with E-state index in [2.05, 4.69) is 20.9 Å². The fraction of sp³-hybridized carbons (Fsp3) is 0.235. The van der Waals surface area contributed by atoms with Crippen LogP contribution in [-0.2, 0) is 4.79 Å². The van der Waals surface area contributed by atoms with Crippen LogP contribution in [0.2, 0.25) is 0 Å². The molecule has 1 heterocycles. The summed E-state index contributed by atoms with van der Waals surface area (Å²) in [6, 6.07) is 10.5. The Labute approximate surface area is 140 Å². The lowest BCUT2D eigenvalue weighted by atomic mass is 10.2. The smallest absolute Gasteiger partial charge is 0.322 e. The van der Waals surface area contributed by atoms with Gasteiger partial charge in [0.2, 0.25) is 0 Å². The van der Waals surface area contributed by atoms with Crippen molar-refractivity contribution in [2.24, 2.45) is 0 Å². The number of hydrogen-bond acceptors (Lipinski definition) is 5. The number of anilines is 2. The van der Waals surface area contributed by atoms with Crippen LogP contribution in [0, 0.1) is 6.92 Å². The van der Waals surface area contributed by atoms with Crippen LogP contribution in [0.4, 0.5) is 11.5 Å². The highest BCUT2D eigenvalue weighted by Crippen LogP contribution is 2.10. The van der Waals surface area contributed by atoms with Crippen LogP contribution in [0.1, 0.15) is 15.9 Å². The molecule has 0 aliphatic heterocycles. The van der Waals surface area contributed by atoms with E-state index in [-0.39, 0.29) is 12.5 Å². The lowest BCUT2D eigenvalue weighted by Gasteiger charge is -2.10. The van der Waals surface area contributed by atoms with Gasteiger partial charge in [0.05, 0.1) is 0 Å². The molecule has 126 valence electrons. The van der Waals surface area contributed by atoms with Gasteiger partial charge in [-0.05, 0) is 36.8 Å². The average Bonchev–Trinajstić information content (AvgIpc) is 2.58. The number of nitrogens with zero attached hydrogens (tertiary/aromatic N) is 1. The normalized spacial score (nSPS) is 10.0. The Hall–Kier alpha value is -3.09. The topological polar surface area (TPSA) is 103 Å². The van der Waals surface area contributed by atoms with E-state index in [1.165, 1.54) is 0 Å². The van der Waals surface area contributed by atoms with Crippen molar-refractivity contribution >= 4 is 23.4 Å². The fourth-order valence-electron chi connectivity index (χ4n) is 2.08. The number of hydrogen-bond donors (Lipinski definition) is 4. The van der Waals surface area contributed by atoms with Gasteiger partial charge >= 0.3 is 5.97 Å². The number of aryl methyl sites for hydroxylation is 1. The average molecular weight is 328 g/mol. The molecule has 1 aromatic heterocycles. The van der Waals surface area contributed by atoms with Crippen LogP contribution in [0.25, 0.3) is 0 Å². The SMILES string of the molecule is Cc1cccnc1NCCNC(=O)c1cccc(NCC(=O)O)c1. The van der Waals surface area contributed by atoms with Gasteiger partial charge in [-0.25, -0.2) is 4.98 Å². The maximum atomic E-state index is 12.1. The van der Waals surface area contributed by atoms with E-state index < -0.39 is 5.97 Å². The first-order chi connectivity index (χ1) is 11.6. The summed E-state index contributed by atoms with van der Waals surface area (Å²) in [6.45, 7) is 2.77. The van der Waals surface area contributed by atoms with E-state index in [9.17, 15) is 9.59 Å². The van der Waals surface area contributed by atoms with Crippen LogP contribution in [0.15, 0.2) is 42.6 Å². The second kappa shape index (κ2) is 8.52. The number of aromatic nitrogens is 1. The number of carboxylic acid groups (broad SMARTS) is 1. The number of carbonyl (C=O) groups is 2. The molecule has 1 aromatic carbocycles. The van der Waals surface area contributed by atoms with Crippen LogP contribution in [0.3, 0.4) is 0 Å². The first kappa shape index (κ1) is 17.3. The van der Waals surface area contributed by atoms with E-state index in [1.807, 2.05) is 19.1 Å². The molecule has 7 nitrogen and oxygen atoms in total. The molecule has 0 atom stereocenters. The van der Waals surface area contributed by atoms with Crippen molar-refractivity contribution in [2.45, 2.75) is 6.92 Å². The summed E-state index contributed by atoms with van der Waals surface area (Å²) in [7, 11) is 0. The highest BCUT2D eigenvalue weighted by molar-refractivity contribution is 5.95. The summed E-state index contributed by atoms with van der Waals surface area (Å²) < 4.78 is 0. The Morgan fingerprint density at radius 3 is 2.71 bits per heavy atom. The number of benzene rings is 1. The summed E-state index contributed by atoms with van der Waals surface area (Å²) in [6.07, 6.45) is 1.71. The highest BCUT2D eigenvalue weighted by atomic mass is 16.4. The van der Waals surface area contributed by atoms with Crippen molar-refractivity contribution < 1.29 is 14.7 Å². The molecule has 4 N–H and O–H groups in total. The van der Waals surface area contributed by atoms with Crippen LogP contribution < -0.4 is 16.0 Å². The summed E-state index contributed by atoms with van der Waals surface area (Å²) in [5.74, 6) is -0.374. The zero-order valence-electron chi connectivity index (χ0n) is 13.4. The lowest BCUT2D eigenvalue weighted by Crippen LogP contribution is -2.29. The summed E-state index contributed by atoms with van der Waals surface area (Å²) in [5.41, 5.74) is 2.10. The number of carbonyl (C=O) groups excluding carboxylic acids is 1. The second-order valence-electron chi connectivity index (χ2n) is 5.18.